The maximum atomic E-state index is 9.64. The molecule has 8 nitrogen and oxygen atoms in total. The average molecular weight is 431 g/mol. The molecule has 0 spiro atoms. The largest absolute Gasteiger partial charge is 0.368 e. The fourth-order valence-corrected chi connectivity index (χ4v) is 3.62. The minimum atomic E-state index is 0.0766. The predicted octanol–water partition coefficient (Wildman–Crippen LogP) is 3.04. The summed E-state index contributed by atoms with van der Waals surface area (Å²) in [4.78, 5) is 16.5. The Morgan fingerprint density at radius 2 is 2.22 bits per heavy atom. The van der Waals surface area contributed by atoms with E-state index in [0.717, 1.165) is 36.1 Å². The summed E-state index contributed by atoms with van der Waals surface area (Å²) in [6.45, 7) is 7.04. The first-order valence-corrected chi connectivity index (χ1v) is 9.76. The van der Waals surface area contributed by atoms with E-state index in [0.29, 0.717) is 17.7 Å². The molecule has 0 bridgehead atoms. The average Bonchev–Trinajstić information content (AvgIpc) is 3.11. The van der Waals surface area contributed by atoms with Gasteiger partial charge in [0, 0.05) is 17.1 Å². The van der Waals surface area contributed by atoms with Gasteiger partial charge in [0.05, 0.1) is 5.69 Å². The summed E-state index contributed by atoms with van der Waals surface area (Å²) >= 11 is 3.49. The van der Waals surface area contributed by atoms with Crippen LogP contribution in [0.3, 0.4) is 0 Å². The monoisotopic (exact) mass is 430 g/mol. The number of nitrogen functional groups attached to an aromatic ring is 1. The normalized spacial score (nSPS) is 16.9. The number of nitrogens with zero attached hydrogens (tertiary/aromatic N) is 6. The number of aromatic nitrogens is 3. The highest BCUT2D eigenvalue weighted by Gasteiger charge is 2.23. The SMILES string of the molecule is CCN1CCCC1CNc1nc(N)nc(N(C#N)c2ccc(C)c(Br)c2)n1. The fourth-order valence-electron chi connectivity index (χ4n) is 3.25. The maximum Gasteiger partial charge on any atom is 0.250 e. The second kappa shape index (κ2) is 8.50. The zero-order valence-electron chi connectivity index (χ0n) is 15.5. The van der Waals surface area contributed by atoms with E-state index in [9.17, 15) is 5.26 Å². The number of hydrogen-bond acceptors (Lipinski definition) is 8. The number of hydrogen-bond donors (Lipinski definition) is 2. The molecule has 1 fully saturated rings. The van der Waals surface area contributed by atoms with Crippen molar-refractivity contribution in [2.75, 3.05) is 35.6 Å². The van der Waals surface area contributed by atoms with Gasteiger partial charge in [-0.25, -0.2) is 4.90 Å². The van der Waals surface area contributed by atoms with Crippen molar-refractivity contribution in [3.8, 4) is 6.19 Å². The number of likely N-dealkylation sites (N-methyl/N-ethyl adjacent to an activating group) is 1. The van der Waals surface area contributed by atoms with E-state index < -0.39 is 0 Å². The van der Waals surface area contributed by atoms with Crippen LogP contribution in [0.4, 0.5) is 23.5 Å². The number of nitriles is 1. The van der Waals surface area contributed by atoms with Gasteiger partial charge in [-0.2, -0.15) is 20.2 Å². The standard InChI is InChI=1S/C18H23BrN8/c1-3-26-8-4-5-14(26)10-22-17-23-16(21)24-18(25-17)27(11-20)13-7-6-12(2)15(19)9-13/h6-7,9,14H,3-5,8,10H2,1-2H3,(H3,21,22,23,24,25). The first-order chi connectivity index (χ1) is 13.0. The second-order valence-electron chi connectivity index (χ2n) is 6.49. The molecule has 0 saturated carbocycles. The molecule has 9 heteroatoms. The Balaban J connectivity index is 1.81. The van der Waals surface area contributed by atoms with Crippen LogP contribution in [0.1, 0.15) is 25.3 Å². The van der Waals surface area contributed by atoms with E-state index in [2.05, 4.69) is 54.2 Å². The lowest BCUT2D eigenvalue weighted by Crippen LogP contribution is -2.35. The highest BCUT2D eigenvalue weighted by atomic mass is 79.9. The Kier molecular flexibility index (Phi) is 6.08. The van der Waals surface area contributed by atoms with Gasteiger partial charge in [0.2, 0.25) is 17.8 Å². The molecule has 0 radical (unpaired) electrons. The third-order valence-corrected chi connectivity index (χ3v) is 5.61. The lowest BCUT2D eigenvalue weighted by molar-refractivity contribution is 0.277. The van der Waals surface area contributed by atoms with Crippen molar-refractivity contribution >= 4 is 39.5 Å². The van der Waals surface area contributed by atoms with E-state index in [4.69, 9.17) is 5.73 Å². The van der Waals surface area contributed by atoms with Gasteiger partial charge in [0.15, 0.2) is 6.19 Å². The predicted molar refractivity (Wildman–Crippen MR) is 110 cm³/mol. The molecule has 1 atom stereocenters. The summed E-state index contributed by atoms with van der Waals surface area (Å²) < 4.78 is 0.904. The Bertz CT molecular complexity index is 850. The van der Waals surface area contributed by atoms with Crippen LogP contribution in [-0.2, 0) is 0 Å². The molecule has 1 unspecified atom stereocenters. The number of nitrogens with two attached hydrogens (primary N) is 1. The molecule has 0 amide bonds. The molecule has 27 heavy (non-hydrogen) atoms. The van der Waals surface area contributed by atoms with Crippen LogP contribution in [0.15, 0.2) is 22.7 Å². The number of likely N-dealkylation sites (tertiary alicyclic amines) is 1. The van der Waals surface area contributed by atoms with Crippen molar-refractivity contribution in [3.63, 3.8) is 0 Å². The van der Waals surface area contributed by atoms with Crippen LogP contribution < -0.4 is 16.0 Å². The molecule has 1 aliphatic rings. The number of nitrogens with one attached hydrogen (secondary N) is 1. The van der Waals surface area contributed by atoms with Crippen molar-refractivity contribution in [2.45, 2.75) is 32.7 Å². The third-order valence-electron chi connectivity index (χ3n) is 4.76. The Morgan fingerprint density at radius 3 is 2.93 bits per heavy atom. The van der Waals surface area contributed by atoms with Crippen molar-refractivity contribution < 1.29 is 0 Å². The zero-order valence-corrected chi connectivity index (χ0v) is 17.1. The summed E-state index contributed by atoms with van der Waals surface area (Å²) in [5.41, 5.74) is 7.59. The Labute approximate surface area is 167 Å². The lowest BCUT2D eigenvalue weighted by atomic mass is 10.2. The Morgan fingerprint density at radius 1 is 1.41 bits per heavy atom. The van der Waals surface area contributed by atoms with Crippen molar-refractivity contribution in [1.29, 1.82) is 5.26 Å². The van der Waals surface area contributed by atoms with Crippen LogP contribution in [0, 0.1) is 18.4 Å². The second-order valence-corrected chi connectivity index (χ2v) is 7.35. The van der Waals surface area contributed by atoms with E-state index in [1.807, 2.05) is 25.1 Å². The molecule has 142 valence electrons. The van der Waals surface area contributed by atoms with Gasteiger partial charge in [0.1, 0.15) is 0 Å². The molecule has 0 aliphatic carbocycles. The number of anilines is 4. The summed E-state index contributed by atoms with van der Waals surface area (Å²) in [7, 11) is 0. The van der Waals surface area contributed by atoms with E-state index in [-0.39, 0.29) is 11.9 Å². The minimum absolute atomic E-state index is 0.0766. The first kappa shape index (κ1) is 19.3. The summed E-state index contributed by atoms with van der Waals surface area (Å²) in [5, 5.41) is 12.9. The number of halogens is 1. The van der Waals surface area contributed by atoms with E-state index in [1.165, 1.54) is 11.3 Å². The van der Waals surface area contributed by atoms with Crippen LogP contribution in [0.25, 0.3) is 0 Å². The summed E-state index contributed by atoms with van der Waals surface area (Å²) in [5.74, 6) is 0.654. The van der Waals surface area contributed by atoms with Crippen LogP contribution >= 0.6 is 15.9 Å². The minimum Gasteiger partial charge on any atom is -0.368 e. The zero-order chi connectivity index (χ0) is 19.4. The van der Waals surface area contributed by atoms with Gasteiger partial charge in [-0.1, -0.05) is 28.9 Å². The van der Waals surface area contributed by atoms with Gasteiger partial charge >= 0.3 is 0 Å². The number of aryl methyl sites for hydroxylation is 1. The van der Waals surface area contributed by atoms with Gasteiger partial charge in [-0.3, -0.25) is 4.90 Å². The van der Waals surface area contributed by atoms with Crippen LogP contribution in [0.5, 0.6) is 0 Å². The molecule has 3 N–H and O–H groups in total. The number of rotatable bonds is 6. The highest BCUT2D eigenvalue weighted by Crippen LogP contribution is 2.27. The van der Waals surface area contributed by atoms with Crippen molar-refractivity contribution in [1.82, 2.24) is 19.9 Å². The molecule has 1 saturated heterocycles. The van der Waals surface area contributed by atoms with Gasteiger partial charge in [0.25, 0.3) is 0 Å². The quantitative estimate of drug-likeness (QED) is 0.531. The maximum absolute atomic E-state index is 9.64. The summed E-state index contributed by atoms with van der Waals surface area (Å²) in [6.07, 6.45) is 4.47. The van der Waals surface area contributed by atoms with Crippen LogP contribution in [0.2, 0.25) is 0 Å². The summed E-state index contributed by atoms with van der Waals surface area (Å²) in [6, 6.07) is 6.07. The molecule has 1 aliphatic heterocycles. The molecular weight excluding hydrogens is 408 g/mol. The molecule has 1 aromatic carbocycles. The highest BCUT2D eigenvalue weighted by molar-refractivity contribution is 9.10. The fraction of sp³-hybridized carbons (Fsp3) is 0.444. The number of benzene rings is 1. The van der Waals surface area contributed by atoms with E-state index >= 15 is 0 Å². The van der Waals surface area contributed by atoms with Gasteiger partial charge in [-0.15, -0.1) is 0 Å². The lowest BCUT2D eigenvalue weighted by Gasteiger charge is -2.23. The first-order valence-electron chi connectivity index (χ1n) is 8.97. The van der Waals surface area contributed by atoms with Gasteiger partial charge in [-0.05, 0) is 50.6 Å². The molecule has 1 aromatic heterocycles. The molecular formula is C18H23BrN8. The molecule has 3 rings (SSSR count). The molecule has 2 heterocycles. The topological polar surface area (TPSA) is 107 Å². The van der Waals surface area contributed by atoms with Gasteiger partial charge < -0.3 is 11.1 Å². The molecule has 2 aromatic rings. The Hall–Kier alpha value is -2.44. The third kappa shape index (κ3) is 4.46. The van der Waals surface area contributed by atoms with Crippen molar-refractivity contribution in [3.05, 3.63) is 28.2 Å². The van der Waals surface area contributed by atoms with Crippen LogP contribution in [-0.4, -0.2) is 45.5 Å². The van der Waals surface area contributed by atoms with E-state index in [1.54, 1.807) is 0 Å². The van der Waals surface area contributed by atoms with Crippen molar-refractivity contribution in [2.24, 2.45) is 0 Å². The smallest absolute Gasteiger partial charge is 0.250 e.